The fourth-order valence-corrected chi connectivity index (χ4v) is 2.90. The first kappa shape index (κ1) is 21.4. The van der Waals surface area contributed by atoms with E-state index in [1.807, 2.05) is 0 Å². The zero-order valence-electron chi connectivity index (χ0n) is 14.0. The van der Waals surface area contributed by atoms with Gasteiger partial charge in [0.2, 0.25) is 5.91 Å². The molecule has 0 radical (unpaired) electrons. The van der Waals surface area contributed by atoms with E-state index in [0.29, 0.717) is 0 Å². The molecule has 152 valence electrons. The van der Waals surface area contributed by atoms with Crippen LogP contribution >= 0.6 is 0 Å². The highest BCUT2D eigenvalue weighted by molar-refractivity contribution is 5.73. The third-order valence-electron chi connectivity index (χ3n) is 4.37. The lowest BCUT2D eigenvalue weighted by Crippen LogP contribution is -2.67. The number of carbonyl (C=O) groups is 1. The Hall–Kier alpha value is -0.930. The quantitative estimate of drug-likeness (QED) is 0.226. The van der Waals surface area contributed by atoms with Crippen molar-refractivity contribution in [3.05, 3.63) is 0 Å². The van der Waals surface area contributed by atoms with Crippen molar-refractivity contribution in [3.8, 4) is 0 Å². The molecule has 0 aromatic carbocycles. The van der Waals surface area contributed by atoms with Gasteiger partial charge in [0.25, 0.3) is 0 Å². The minimum Gasteiger partial charge on any atom is -0.394 e. The Labute approximate surface area is 148 Å². The van der Waals surface area contributed by atoms with Gasteiger partial charge in [-0.15, -0.1) is 0 Å². The second-order valence-electron chi connectivity index (χ2n) is 6.27. The normalized spacial score (nSPS) is 46.8. The van der Waals surface area contributed by atoms with E-state index in [1.54, 1.807) is 0 Å². The average Bonchev–Trinajstić information content (AvgIpc) is 2.61. The van der Waals surface area contributed by atoms with Gasteiger partial charge in [-0.05, 0) is 0 Å². The predicted octanol–water partition coefficient (Wildman–Crippen LogP) is -5.25. The maximum Gasteiger partial charge on any atom is 0.217 e. The molecular formula is C14H25NO11. The van der Waals surface area contributed by atoms with E-state index in [0.717, 1.165) is 6.92 Å². The van der Waals surface area contributed by atoms with Gasteiger partial charge in [0.05, 0.1) is 13.2 Å². The largest absolute Gasteiger partial charge is 0.394 e. The summed E-state index contributed by atoms with van der Waals surface area (Å²) in [6.45, 7) is -0.187. The van der Waals surface area contributed by atoms with Gasteiger partial charge < -0.3 is 55.3 Å². The van der Waals surface area contributed by atoms with Crippen molar-refractivity contribution >= 4 is 5.91 Å². The van der Waals surface area contributed by atoms with Crippen molar-refractivity contribution in [2.45, 2.75) is 68.3 Å². The van der Waals surface area contributed by atoms with Crippen molar-refractivity contribution < 1.29 is 54.8 Å². The lowest BCUT2D eigenvalue weighted by molar-refractivity contribution is -0.363. The van der Waals surface area contributed by atoms with Crippen molar-refractivity contribution in [1.29, 1.82) is 0 Å². The van der Waals surface area contributed by atoms with Gasteiger partial charge in [-0.2, -0.15) is 0 Å². The molecule has 2 heterocycles. The van der Waals surface area contributed by atoms with Crippen LogP contribution in [0, 0.1) is 0 Å². The second-order valence-corrected chi connectivity index (χ2v) is 6.27. The number of hydrogen-bond donors (Lipinski definition) is 8. The van der Waals surface area contributed by atoms with Crippen LogP contribution in [0.3, 0.4) is 0 Å². The Kier molecular flexibility index (Phi) is 7.27. The zero-order valence-corrected chi connectivity index (χ0v) is 14.0. The van der Waals surface area contributed by atoms with Crippen LogP contribution in [0.2, 0.25) is 0 Å². The number of hydrogen-bond acceptors (Lipinski definition) is 11. The van der Waals surface area contributed by atoms with Crippen molar-refractivity contribution in [1.82, 2.24) is 5.32 Å². The predicted molar refractivity (Wildman–Crippen MR) is 80.2 cm³/mol. The first-order chi connectivity index (χ1) is 12.2. The topological polar surface area (TPSA) is 198 Å². The summed E-state index contributed by atoms with van der Waals surface area (Å²) < 4.78 is 15.9. The minimum atomic E-state index is -1.73. The summed E-state index contributed by atoms with van der Waals surface area (Å²) in [6, 6.07) is -1.28. The first-order valence-corrected chi connectivity index (χ1v) is 8.06. The van der Waals surface area contributed by atoms with Gasteiger partial charge >= 0.3 is 0 Å². The third kappa shape index (κ3) is 4.31. The van der Waals surface area contributed by atoms with Gasteiger partial charge in [0.1, 0.15) is 48.8 Å². The Bertz CT molecular complexity index is 478. The highest BCUT2D eigenvalue weighted by atomic mass is 16.8. The molecule has 0 unspecified atom stereocenters. The SMILES string of the molecule is CC(=O)N[C@@H]1[C@@H](O[C@@H]2O[C@H](CO)[C@H](O)[C@H](O)[C@H]2O)O[C@H](CO)[C@@H](O)[C@@H]1O. The Morgan fingerprint density at radius 1 is 0.846 bits per heavy atom. The summed E-state index contributed by atoms with van der Waals surface area (Å²) in [5.41, 5.74) is 0. The number of aliphatic hydroxyl groups excluding tert-OH is 7. The van der Waals surface area contributed by atoms with Gasteiger partial charge in [-0.1, -0.05) is 0 Å². The number of aliphatic hydroxyl groups is 7. The van der Waals surface area contributed by atoms with Crippen molar-refractivity contribution in [3.63, 3.8) is 0 Å². The van der Waals surface area contributed by atoms with Crippen LogP contribution in [0.5, 0.6) is 0 Å². The molecule has 2 fully saturated rings. The number of amides is 1. The highest BCUT2D eigenvalue weighted by Gasteiger charge is 2.50. The smallest absolute Gasteiger partial charge is 0.217 e. The highest BCUT2D eigenvalue weighted by Crippen LogP contribution is 2.28. The Morgan fingerprint density at radius 3 is 1.85 bits per heavy atom. The monoisotopic (exact) mass is 383 g/mol. The molecule has 2 aliphatic rings. The van der Waals surface area contributed by atoms with E-state index in [2.05, 4.69) is 5.32 Å². The molecule has 26 heavy (non-hydrogen) atoms. The van der Waals surface area contributed by atoms with E-state index >= 15 is 0 Å². The maximum absolute atomic E-state index is 11.4. The second kappa shape index (κ2) is 8.84. The molecule has 8 N–H and O–H groups in total. The number of ether oxygens (including phenoxy) is 3. The molecule has 10 atom stereocenters. The van der Waals surface area contributed by atoms with Crippen molar-refractivity contribution in [2.75, 3.05) is 13.2 Å². The fourth-order valence-electron chi connectivity index (χ4n) is 2.90. The van der Waals surface area contributed by atoms with Gasteiger partial charge in [-0.25, -0.2) is 0 Å². The molecule has 12 nitrogen and oxygen atoms in total. The van der Waals surface area contributed by atoms with Crippen LogP contribution in [0.4, 0.5) is 0 Å². The molecule has 2 saturated heterocycles. The first-order valence-electron chi connectivity index (χ1n) is 8.06. The summed E-state index contributed by atoms with van der Waals surface area (Å²) in [5.74, 6) is -0.574. The van der Waals surface area contributed by atoms with Crippen molar-refractivity contribution in [2.24, 2.45) is 0 Å². The summed E-state index contributed by atoms with van der Waals surface area (Å²) in [6.07, 6.45) is -13.7. The van der Waals surface area contributed by atoms with Gasteiger partial charge in [-0.3, -0.25) is 4.79 Å². The fraction of sp³-hybridized carbons (Fsp3) is 0.929. The molecule has 2 aliphatic heterocycles. The lowest BCUT2D eigenvalue weighted by Gasteiger charge is -2.45. The van der Waals surface area contributed by atoms with Gasteiger partial charge in [0.15, 0.2) is 12.6 Å². The molecule has 12 heteroatoms. The molecule has 0 bridgehead atoms. The average molecular weight is 383 g/mol. The lowest BCUT2D eigenvalue weighted by atomic mass is 9.96. The molecule has 0 aromatic rings. The molecule has 0 aromatic heterocycles. The number of carbonyl (C=O) groups excluding carboxylic acids is 1. The van der Waals surface area contributed by atoms with E-state index in [-0.39, 0.29) is 0 Å². The van der Waals surface area contributed by atoms with Crippen LogP contribution in [0.15, 0.2) is 0 Å². The summed E-state index contributed by atoms with van der Waals surface area (Å²) in [4.78, 5) is 11.4. The molecule has 0 spiro atoms. The molecule has 1 amide bonds. The number of nitrogens with one attached hydrogen (secondary N) is 1. The van der Waals surface area contributed by atoms with Crippen LogP contribution in [-0.4, -0.2) is 116 Å². The van der Waals surface area contributed by atoms with E-state index < -0.39 is 80.5 Å². The third-order valence-corrected chi connectivity index (χ3v) is 4.37. The zero-order chi connectivity index (χ0) is 19.6. The van der Waals surface area contributed by atoms with Crippen LogP contribution < -0.4 is 5.32 Å². The Balaban J connectivity index is 2.18. The Morgan fingerprint density at radius 2 is 1.35 bits per heavy atom. The number of rotatable bonds is 5. The van der Waals surface area contributed by atoms with Crippen LogP contribution in [0.25, 0.3) is 0 Å². The van der Waals surface area contributed by atoms with Gasteiger partial charge in [0, 0.05) is 6.92 Å². The summed E-state index contributed by atoms with van der Waals surface area (Å²) >= 11 is 0. The van der Waals surface area contributed by atoms with E-state index in [4.69, 9.17) is 14.2 Å². The molecule has 0 saturated carbocycles. The van der Waals surface area contributed by atoms with E-state index in [1.165, 1.54) is 0 Å². The van der Waals surface area contributed by atoms with Crippen LogP contribution in [0.1, 0.15) is 6.92 Å². The molecule has 0 aliphatic carbocycles. The van der Waals surface area contributed by atoms with E-state index in [9.17, 15) is 40.5 Å². The minimum absolute atomic E-state index is 0.574. The maximum atomic E-state index is 11.4. The molecule has 2 rings (SSSR count). The summed E-state index contributed by atoms with van der Waals surface area (Å²) in [5, 5.41) is 70.4. The van der Waals surface area contributed by atoms with Crippen LogP contribution in [-0.2, 0) is 19.0 Å². The summed E-state index contributed by atoms with van der Waals surface area (Å²) in [7, 11) is 0. The standard InChI is InChI=1S/C14H25NO11/c1-4(18)15-7-10(21)8(19)5(2-16)24-13(7)26-14-12(23)11(22)9(20)6(3-17)25-14/h5-14,16-17,19-23H,2-3H2,1H3,(H,15,18)/t5-,6-,7+,8-,9+,10-,11+,12-,13-,14+/m1/s1. The molecular weight excluding hydrogens is 358 g/mol.